The third kappa shape index (κ3) is 3.11. The van der Waals surface area contributed by atoms with Crippen molar-refractivity contribution in [3.8, 4) is 0 Å². The Morgan fingerprint density at radius 1 is 1.29 bits per heavy atom. The Balaban J connectivity index is 3.34. The minimum absolute atomic E-state index is 0.197. The fourth-order valence-electron chi connectivity index (χ4n) is 1.04. The molecule has 0 unspecified atom stereocenters. The minimum Gasteiger partial charge on any atom is -0.350 e. The van der Waals surface area contributed by atoms with Crippen molar-refractivity contribution < 1.29 is 18.0 Å². The molecule has 0 aliphatic rings. The van der Waals surface area contributed by atoms with E-state index in [1.165, 1.54) is 0 Å². The first kappa shape index (κ1) is 14.3. The van der Waals surface area contributed by atoms with Crippen LogP contribution in [-0.2, 0) is 6.18 Å². The number of carbonyl (C=O) groups excluding carboxylic acids is 1. The monoisotopic (exact) mass is 304 g/mol. The summed E-state index contributed by atoms with van der Waals surface area (Å²) < 4.78 is 37.8. The van der Waals surface area contributed by atoms with Gasteiger partial charge in [-0.1, -0.05) is 36.0 Å². The van der Waals surface area contributed by atoms with E-state index in [1.807, 2.05) is 0 Å². The second-order valence-electron chi connectivity index (χ2n) is 2.94. The van der Waals surface area contributed by atoms with Crippen molar-refractivity contribution in [2.45, 2.75) is 6.18 Å². The Morgan fingerprint density at radius 2 is 1.71 bits per heavy atom. The normalized spacial score (nSPS) is 11.4. The molecule has 3 nitrogen and oxygen atoms in total. The Morgan fingerprint density at radius 3 is 2.00 bits per heavy atom. The molecule has 17 heavy (non-hydrogen) atoms. The number of halogens is 5. The van der Waals surface area contributed by atoms with E-state index in [0.717, 1.165) is 0 Å². The lowest BCUT2D eigenvalue weighted by Crippen LogP contribution is -2.27. The molecule has 0 heterocycles. The lowest BCUT2D eigenvalue weighted by molar-refractivity contribution is -0.137. The Labute approximate surface area is 110 Å². The highest BCUT2D eigenvalue weighted by Gasteiger charge is 2.32. The lowest BCUT2D eigenvalue weighted by Gasteiger charge is -2.17. The fourth-order valence-corrected chi connectivity index (χ4v) is 2.03. The smallest absolute Gasteiger partial charge is 0.350 e. The Kier molecular flexibility index (Phi) is 4.06. The first-order valence-corrected chi connectivity index (χ1v) is 5.15. The van der Waals surface area contributed by atoms with Crippen LogP contribution in [0.2, 0.25) is 10.0 Å². The SMILES string of the molecule is NC(=O)N(S)c1c(Cl)cc(C(F)(F)F)cc1Cl. The molecular formula is C8H5Cl2F3N2OS. The number of nitrogens with zero attached hydrogens (tertiary/aromatic N) is 1. The molecule has 0 aromatic heterocycles. The van der Waals surface area contributed by atoms with Crippen LogP contribution in [0.4, 0.5) is 23.7 Å². The van der Waals surface area contributed by atoms with E-state index in [-0.39, 0.29) is 15.7 Å². The summed E-state index contributed by atoms with van der Waals surface area (Å²) in [5.74, 6) is 0. The number of nitrogens with two attached hydrogens (primary N) is 1. The number of carbonyl (C=O) groups is 1. The molecular weight excluding hydrogens is 300 g/mol. The highest BCUT2D eigenvalue weighted by Crippen LogP contribution is 2.40. The van der Waals surface area contributed by atoms with Gasteiger partial charge in [-0.15, -0.1) is 0 Å². The summed E-state index contributed by atoms with van der Waals surface area (Å²) in [6, 6.07) is 0.251. The topological polar surface area (TPSA) is 46.3 Å². The molecule has 1 aromatic carbocycles. The van der Waals surface area contributed by atoms with Gasteiger partial charge in [0.25, 0.3) is 0 Å². The first-order valence-electron chi connectivity index (χ1n) is 3.99. The summed E-state index contributed by atoms with van der Waals surface area (Å²) in [5, 5.41) is -0.753. The average molecular weight is 305 g/mol. The number of rotatable bonds is 1. The van der Waals surface area contributed by atoms with E-state index in [0.29, 0.717) is 16.4 Å². The third-order valence-corrected chi connectivity index (χ3v) is 2.74. The third-order valence-electron chi connectivity index (χ3n) is 1.76. The summed E-state index contributed by atoms with van der Waals surface area (Å²) in [5.41, 5.74) is 3.68. The standard InChI is InChI=1S/C8H5Cl2F3N2OS/c9-4-1-3(8(11,12)13)2-5(10)6(4)15(17)7(14)16/h1-2,17H,(H2,14,16). The predicted molar refractivity (Wildman–Crippen MR) is 62.5 cm³/mol. The summed E-state index contributed by atoms with van der Waals surface area (Å²) >= 11 is 14.9. The highest BCUT2D eigenvalue weighted by molar-refractivity contribution is 7.82. The minimum atomic E-state index is -4.58. The van der Waals surface area contributed by atoms with Gasteiger partial charge in [0.2, 0.25) is 0 Å². The number of amides is 2. The van der Waals surface area contributed by atoms with Gasteiger partial charge in [-0.25, -0.2) is 9.10 Å². The van der Waals surface area contributed by atoms with Crippen molar-refractivity contribution in [3.63, 3.8) is 0 Å². The average Bonchev–Trinajstić information content (AvgIpc) is 2.14. The summed E-state index contributed by atoms with van der Waals surface area (Å²) in [6.07, 6.45) is -4.58. The van der Waals surface area contributed by atoms with Crippen molar-refractivity contribution >= 4 is 47.7 Å². The van der Waals surface area contributed by atoms with Gasteiger partial charge in [-0.2, -0.15) is 13.2 Å². The Hall–Kier alpha value is -0.790. The van der Waals surface area contributed by atoms with Crippen LogP contribution in [0, 0.1) is 0 Å². The van der Waals surface area contributed by atoms with Crippen LogP contribution in [0.1, 0.15) is 5.56 Å². The van der Waals surface area contributed by atoms with Crippen LogP contribution >= 0.6 is 36.0 Å². The summed E-state index contributed by atoms with van der Waals surface area (Å²) in [7, 11) is 0. The van der Waals surface area contributed by atoms with Crippen molar-refractivity contribution in [3.05, 3.63) is 27.7 Å². The fraction of sp³-hybridized carbons (Fsp3) is 0.125. The van der Waals surface area contributed by atoms with Crippen LogP contribution in [-0.4, -0.2) is 6.03 Å². The lowest BCUT2D eigenvalue weighted by atomic mass is 10.2. The Bertz CT molecular complexity index is 444. The van der Waals surface area contributed by atoms with E-state index < -0.39 is 17.8 Å². The number of benzene rings is 1. The molecule has 2 amide bonds. The summed E-state index contributed by atoms with van der Waals surface area (Å²) in [6.45, 7) is 0. The van der Waals surface area contributed by atoms with Crippen molar-refractivity contribution in [2.75, 3.05) is 4.31 Å². The van der Waals surface area contributed by atoms with Gasteiger partial charge >= 0.3 is 12.2 Å². The van der Waals surface area contributed by atoms with Crippen molar-refractivity contribution in [1.82, 2.24) is 0 Å². The van der Waals surface area contributed by atoms with E-state index in [1.54, 1.807) is 0 Å². The first-order chi connectivity index (χ1) is 7.64. The zero-order chi connectivity index (χ0) is 13.4. The van der Waals surface area contributed by atoms with Gasteiger partial charge in [0, 0.05) is 0 Å². The van der Waals surface area contributed by atoms with Crippen molar-refractivity contribution in [2.24, 2.45) is 5.73 Å². The number of hydrogen-bond donors (Lipinski definition) is 2. The molecule has 0 aliphatic carbocycles. The number of urea groups is 1. The molecule has 0 atom stereocenters. The maximum absolute atomic E-state index is 12.4. The number of thiol groups is 1. The van der Waals surface area contributed by atoms with Crippen LogP contribution in [0.15, 0.2) is 12.1 Å². The molecule has 1 aromatic rings. The molecule has 9 heteroatoms. The van der Waals surface area contributed by atoms with Gasteiger partial charge in [0.05, 0.1) is 21.3 Å². The molecule has 1 rings (SSSR count). The molecule has 0 fully saturated rings. The maximum Gasteiger partial charge on any atom is 0.416 e. The van der Waals surface area contributed by atoms with E-state index in [4.69, 9.17) is 28.9 Å². The molecule has 0 saturated heterocycles. The quantitative estimate of drug-likeness (QED) is 0.763. The molecule has 0 radical (unpaired) electrons. The van der Waals surface area contributed by atoms with Gasteiger partial charge < -0.3 is 5.73 Å². The van der Waals surface area contributed by atoms with E-state index in [9.17, 15) is 18.0 Å². The van der Waals surface area contributed by atoms with Gasteiger partial charge in [0.15, 0.2) is 0 Å². The summed E-state index contributed by atoms with van der Waals surface area (Å²) in [4.78, 5) is 10.8. The molecule has 94 valence electrons. The van der Waals surface area contributed by atoms with Crippen LogP contribution in [0.3, 0.4) is 0 Å². The number of primary amides is 1. The zero-order valence-corrected chi connectivity index (χ0v) is 10.3. The zero-order valence-electron chi connectivity index (χ0n) is 7.92. The van der Waals surface area contributed by atoms with Gasteiger partial charge in [-0.05, 0) is 12.1 Å². The highest BCUT2D eigenvalue weighted by atomic mass is 35.5. The predicted octanol–water partition coefficient (Wildman–Crippen LogP) is 3.74. The number of anilines is 1. The van der Waals surface area contributed by atoms with Crippen molar-refractivity contribution in [1.29, 1.82) is 0 Å². The molecule has 0 bridgehead atoms. The second kappa shape index (κ2) is 4.83. The number of alkyl halides is 3. The van der Waals surface area contributed by atoms with Crippen LogP contribution in [0.25, 0.3) is 0 Å². The van der Waals surface area contributed by atoms with Gasteiger partial charge in [0.1, 0.15) is 0 Å². The molecule has 0 aliphatic heterocycles. The molecule has 0 spiro atoms. The van der Waals surface area contributed by atoms with Crippen LogP contribution in [0.5, 0.6) is 0 Å². The molecule has 2 N–H and O–H groups in total. The number of hydrogen-bond acceptors (Lipinski definition) is 2. The largest absolute Gasteiger partial charge is 0.416 e. The van der Waals surface area contributed by atoms with Gasteiger partial charge in [-0.3, -0.25) is 0 Å². The van der Waals surface area contributed by atoms with E-state index >= 15 is 0 Å². The van der Waals surface area contributed by atoms with Crippen LogP contribution < -0.4 is 10.0 Å². The molecule has 0 saturated carbocycles. The maximum atomic E-state index is 12.4. The second-order valence-corrected chi connectivity index (χ2v) is 4.15. The van der Waals surface area contributed by atoms with E-state index in [2.05, 4.69) is 12.8 Å².